The Balaban J connectivity index is 2.04. The molecule has 1 amide bonds. The zero-order chi connectivity index (χ0) is 13.9. The van der Waals surface area contributed by atoms with Gasteiger partial charge in [0, 0.05) is 43.2 Å². The molecule has 1 rings (SSSR count). The van der Waals surface area contributed by atoms with Gasteiger partial charge in [-0.25, -0.2) is 0 Å². The molecule has 0 aromatic heterocycles. The number of benzene rings is 1. The number of carbonyl (C=O) groups excluding carboxylic acids is 1. The van der Waals surface area contributed by atoms with Gasteiger partial charge in [0.15, 0.2) is 0 Å². The molecule has 0 atom stereocenters. The molecule has 0 aliphatic heterocycles. The van der Waals surface area contributed by atoms with Crippen LogP contribution in [-0.4, -0.2) is 42.7 Å². The molecule has 0 unspecified atom stereocenters. The summed E-state index contributed by atoms with van der Waals surface area (Å²) in [6.45, 7) is 7.35. The Kier molecular flexibility index (Phi) is 8.34. The molecule has 3 nitrogen and oxygen atoms in total. The average Bonchev–Trinajstić information content (AvgIpc) is 2.45. The monoisotopic (exact) mass is 280 g/mol. The summed E-state index contributed by atoms with van der Waals surface area (Å²) in [5.41, 5.74) is 0. The number of hydrogen-bond donors (Lipinski definition) is 1. The number of nitrogens with one attached hydrogen (secondary N) is 1. The van der Waals surface area contributed by atoms with Crippen molar-refractivity contribution in [2.45, 2.75) is 25.2 Å². The van der Waals surface area contributed by atoms with Crippen molar-refractivity contribution in [1.29, 1.82) is 0 Å². The predicted octanol–water partition coefficient (Wildman–Crippen LogP) is 2.63. The zero-order valence-corrected chi connectivity index (χ0v) is 12.7. The van der Waals surface area contributed by atoms with Gasteiger partial charge in [-0.05, 0) is 26.0 Å². The van der Waals surface area contributed by atoms with Crippen LogP contribution >= 0.6 is 11.8 Å². The van der Waals surface area contributed by atoms with Crippen LogP contribution in [-0.2, 0) is 4.79 Å². The highest BCUT2D eigenvalue weighted by atomic mass is 32.2. The van der Waals surface area contributed by atoms with Crippen molar-refractivity contribution < 1.29 is 4.79 Å². The highest BCUT2D eigenvalue weighted by molar-refractivity contribution is 7.99. The van der Waals surface area contributed by atoms with Crippen molar-refractivity contribution in [2.24, 2.45) is 0 Å². The molecule has 1 N–H and O–H groups in total. The molecule has 0 heterocycles. The van der Waals surface area contributed by atoms with E-state index >= 15 is 0 Å². The Morgan fingerprint density at radius 1 is 1.16 bits per heavy atom. The standard InChI is InChI=1S/C15H24N2OS/c1-3-17(4-2)15(18)10-11-16-12-13-19-14-8-6-5-7-9-14/h5-9,16H,3-4,10-13H2,1-2H3. The third-order valence-electron chi connectivity index (χ3n) is 2.92. The SMILES string of the molecule is CCN(CC)C(=O)CCNCCSc1ccccc1. The van der Waals surface area contributed by atoms with Crippen LogP contribution < -0.4 is 5.32 Å². The number of rotatable bonds is 9. The van der Waals surface area contributed by atoms with Crippen LogP contribution in [0.15, 0.2) is 35.2 Å². The Labute approximate surface area is 120 Å². The lowest BCUT2D eigenvalue weighted by molar-refractivity contribution is -0.130. The molecule has 4 heteroatoms. The minimum absolute atomic E-state index is 0.244. The Bertz CT molecular complexity index is 352. The van der Waals surface area contributed by atoms with E-state index in [0.29, 0.717) is 6.42 Å². The summed E-state index contributed by atoms with van der Waals surface area (Å²) in [7, 11) is 0. The molecule has 0 aliphatic carbocycles. The first-order chi connectivity index (χ1) is 9.27. The van der Waals surface area contributed by atoms with Gasteiger partial charge in [-0.3, -0.25) is 4.79 Å². The van der Waals surface area contributed by atoms with Crippen molar-refractivity contribution in [3.05, 3.63) is 30.3 Å². The van der Waals surface area contributed by atoms with Gasteiger partial charge in [-0.15, -0.1) is 11.8 Å². The molecule has 19 heavy (non-hydrogen) atoms. The third kappa shape index (κ3) is 6.64. The van der Waals surface area contributed by atoms with Gasteiger partial charge in [-0.2, -0.15) is 0 Å². The first-order valence-electron chi connectivity index (χ1n) is 6.94. The van der Waals surface area contributed by atoms with Crippen LogP contribution in [0.25, 0.3) is 0 Å². The van der Waals surface area contributed by atoms with Gasteiger partial charge in [-0.1, -0.05) is 18.2 Å². The first-order valence-corrected chi connectivity index (χ1v) is 7.92. The number of nitrogens with zero attached hydrogens (tertiary/aromatic N) is 1. The molecule has 0 saturated carbocycles. The Hall–Kier alpha value is -1.00. The number of thioether (sulfide) groups is 1. The quantitative estimate of drug-likeness (QED) is 0.557. The van der Waals surface area contributed by atoms with Crippen molar-refractivity contribution in [3.63, 3.8) is 0 Å². The Morgan fingerprint density at radius 3 is 2.47 bits per heavy atom. The van der Waals surface area contributed by atoms with Crippen LogP contribution in [0.3, 0.4) is 0 Å². The molecule has 1 aromatic carbocycles. The van der Waals surface area contributed by atoms with Crippen molar-refractivity contribution in [1.82, 2.24) is 10.2 Å². The molecule has 1 aromatic rings. The highest BCUT2D eigenvalue weighted by Gasteiger charge is 2.07. The van der Waals surface area contributed by atoms with E-state index in [9.17, 15) is 4.79 Å². The van der Waals surface area contributed by atoms with Crippen LogP contribution in [0.4, 0.5) is 0 Å². The fourth-order valence-electron chi connectivity index (χ4n) is 1.81. The van der Waals surface area contributed by atoms with E-state index < -0.39 is 0 Å². The second kappa shape index (κ2) is 9.87. The van der Waals surface area contributed by atoms with Gasteiger partial charge in [0.2, 0.25) is 5.91 Å². The maximum Gasteiger partial charge on any atom is 0.223 e. The number of carbonyl (C=O) groups is 1. The fourth-order valence-corrected chi connectivity index (χ4v) is 2.64. The summed E-state index contributed by atoms with van der Waals surface area (Å²) >= 11 is 1.84. The second-order valence-corrected chi connectivity index (χ2v) is 5.40. The number of amides is 1. The lowest BCUT2D eigenvalue weighted by Crippen LogP contribution is -2.33. The van der Waals surface area contributed by atoms with Gasteiger partial charge in [0.25, 0.3) is 0 Å². The normalized spacial score (nSPS) is 10.4. The number of hydrogen-bond acceptors (Lipinski definition) is 3. The van der Waals surface area contributed by atoms with Crippen LogP contribution in [0.5, 0.6) is 0 Å². The highest BCUT2D eigenvalue weighted by Crippen LogP contribution is 2.15. The summed E-state index contributed by atoms with van der Waals surface area (Å²) in [5, 5.41) is 3.32. The minimum Gasteiger partial charge on any atom is -0.343 e. The summed E-state index contributed by atoms with van der Waals surface area (Å²) in [4.78, 5) is 14.9. The fraction of sp³-hybridized carbons (Fsp3) is 0.533. The lowest BCUT2D eigenvalue weighted by Gasteiger charge is -2.18. The minimum atomic E-state index is 0.244. The van der Waals surface area contributed by atoms with Gasteiger partial charge in [0.1, 0.15) is 0 Å². The van der Waals surface area contributed by atoms with E-state index in [0.717, 1.165) is 31.9 Å². The summed E-state index contributed by atoms with van der Waals surface area (Å²) in [6, 6.07) is 10.4. The Morgan fingerprint density at radius 2 is 1.84 bits per heavy atom. The van der Waals surface area contributed by atoms with Gasteiger partial charge in [0.05, 0.1) is 0 Å². The van der Waals surface area contributed by atoms with E-state index in [4.69, 9.17) is 0 Å². The largest absolute Gasteiger partial charge is 0.343 e. The lowest BCUT2D eigenvalue weighted by atomic mass is 10.3. The third-order valence-corrected chi connectivity index (χ3v) is 3.94. The van der Waals surface area contributed by atoms with Gasteiger partial charge < -0.3 is 10.2 Å². The summed E-state index contributed by atoms with van der Waals surface area (Å²) in [6.07, 6.45) is 0.595. The molecule has 0 saturated heterocycles. The van der Waals surface area contributed by atoms with Crippen LogP contribution in [0.2, 0.25) is 0 Å². The molecule has 0 spiro atoms. The van der Waals surface area contributed by atoms with Crippen molar-refractivity contribution >= 4 is 17.7 Å². The zero-order valence-electron chi connectivity index (χ0n) is 11.9. The van der Waals surface area contributed by atoms with Crippen molar-refractivity contribution in [3.8, 4) is 0 Å². The van der Waals surface area contributed by atoms with E-state index in [1.54, 1.807) is 0 Å². The smallest absolute Gasteiger partial charge is 0.223 e. The molecular formula is C15H24N2OS. The molecule has 0 radical (unpaired) electrons. The van der Waals surface area contributed by atoms with E-state index in [1.807, 2.05) is 36.6 Å². The molecule has 0 bridgehead atoms. The van der Waals surface area contributed by atoms with Crippen LogP contribution in [0, 0.1) is 0 Å². The van der Waals surface area contributed by atoms with E-state index in [1.165, 1.54) is 4.90 Å². The molecule has 106 valence electrons. The predicted molar refractivity (Wildman–Crippen MR) is 82.6 cm³/mol. The first kappa shape index (κ1) is 16.1. The maximum atomic E-state index is 11.7. The average molecular weight is 280 g/mol. The second-order valence-electron chi connectivity index (χ2n) is 4.23. The van der Waals surface area contributed by atoms with Crippen molar-refractivity contribution in [2.75, 3.05) is 31.9 Å². The van der Waals surface area contributed by atoms with Crippen LogP contribution in [0.1, 0.15) is 20.3 Å². The summed E-state index contributed by atoms with van der Waals surface area (Å²) < 4.78 is 0. The topological polar surface area (TPSA) is 32.3 Å². The van der Waals surface area contributed by atoms with Gasteiger partial charge >= 0.3 is 0 Å². The van der Waals surface area contributed by atoms with E-state index in [2.05, 4.69) is 29.6 Å². The molecule has 0 aliphatic rings. The van der Waals surface area contributed by atoms with E-state index in [-0.39, 0.29) is 5.91 Å². The summed E-state index contributed by atoms with van der Waals surface area (Å²) in [5.74, 6) is 1.27. The molecular weight excluding hydrogens is 256 g/mol. The molecule has 0 fully saturated rings. The maximum absolute atomic E-state index is 11.7.